The number of Topliss-reactive ketones (excluding diaryl/α,β-unsaturated/α-hetero) is 1. The molecule has 10 heteroatoms. The molecule has 1 aliphatic rings. The molecule has 10 nitrogen and oxygen atoms in total. The van der Waals surface area contributed by atoms with Crippen LogP contribution in [-0.2, 0) is 10.2 Å². The van der Waals surface area contributed by atoms with Crippen molar-refractivity contribution in [3.8, 4) is 11.5 Å². The predicted octanol–water partition coefficient (Wildman–Crippen LogP) is 7.55. The van der Waals surface area contributed by atoms with Gasteiger partial charge in [0.25, 0.3) is 17.5 Å². The summed E-state index contributed by atoms with van der Waals surface area (Å²) in [5.41, 5.74) is 2.56. The van der Waals surface area contributed by atoms with Crippen molar-refractivity contribution in [2.24, 2.45) is 0 Å². The second kappa shape index (κ2) is 12.8. The standard InChI is InChI=1S/C38H28N2O8/c1-38(2,26-6-4-3-5-7-26)27-11-17-30(18-12-27)48-31-19-15-28(16-20-31)39-35(42)32-21-10-25(22-33(32)36(39)43)37(44)47-23-34(41)24-8-13-29(14-9-24)40(45)46/h3-22H,23H2,1-2H3. The van der Waals surface area contributed by atoms with Crippen LogP contribution >= 0.6 is 0 Å². The number of anilines is 1. The van der Waals surface area contributed by atoms with E-state index < -0.39 is 35.1 Å². The van der Waals surface area contributed by atoms with Crippen LogP contribution in [-0.4, -0.2) is 35.1 Å². The van der Waals surface area contributed by atoms with Gasteiger partial charge in [-0.2, -0.15) is 0 Å². The maximum absolute atomic E-state index is 13.3. The molecule has 0 unspecified atom stereocenters. The summed E-state index contributed by atoms with van der Waals surface area (Å²) in [7, 11) is 0. The third kappa shape index (κ3) is 6.19. The number of nitrogens with zero attached hydrogens (tertiary/aromatic N) is 2. The van der Waals surface area contributed by atoms with Crippen LogP contribution in [0.1, 0.15) is 66.4 Å². The highest BCUT2D eigenvalue weighted by molar-refractivity contribution is 6.34. The van der Waals surface area contributed by atoms with E-state index in [2.05, 4.69) is 26.0 Å². The number of ether oxygens (including phenoxy) is 2. The van der Waals surface area contributed by atoms with Crippen LogP contribution in [0.4, 0.5) is 11.4 Å². The first-order valence-electron chi connectivity index (χ1n) is 14.9. The lowest BCUT2D eigenvalue weighted by atomic mass is 9.78. The number of amides is 2. The summed E-state index contributed by atoms with van der Waals surface area (Å²) in [5.74, 6) is -1.45. The molecule has 5 aromatic carbocycles. The third-order valence-corrected chi connectivity index (χ3v) is 8.26. The highest BCUT2D eigenvalue weighted by Gasteiger charge is 2.37. The highest BCUT2D eigenvalue weighted by atomic mass is 16.6. The number of imide groups is 1. The van der Waals surface area contributed by atoms with Gasteiger partial charge in [-0.3, -0.25) is 24.5 Å². The molecule has 0 aliphatic carbocycles. The lowest BCUT2D eigenvalue weighted by Gasteiger charge is -2.26. The number of carbonyl (C=O) groups is 4. The van der Waals surface area contributed by atoms with E-state index in [4.69, 9.17) is 9.47 Å². The predicted molar refractivity (Wildman–Crippen MR) is 177 cm³/mol. The van der Waals surface area contributed by atoms with Gasteiger partial charge in [0.2, 0.25) is 0 Å². The molecule has 238 valence electrons. The number of non-ortho nitro benzene ring substituents is 1. The molecule has 5 aromatic rings. The van der Waals surface area contributed by atoms with Gasteiger partial charge in [-0.25, -0.2) is 9.69 Å². The van der Waals surface area contributed by atoms with E-state index >= 15 is 0 Å². The van der Waals surface area contributed by atoms with E-state index in [0.29, 0.717) is 17.2 Å². The summed E-state index contributed by atoms with van der Waals surface area (Å²) in [5, 5.41) is 10.8. The Morgan fingerprint density at radius 1 is 0.708 bits per heavy atom. The second-order valence-electron chi connectivity index (χ2n) is 11.6. The van der Waals surface area contributed by atoms with Crippen molar-refractivity contribution in [1.82, 2.24) is 0 Å². The topological polar surface area (TPSA) is 133 Å². The van der Waals surface area contributed by atoms with E-state index in [0.717, 1.165) is 10.5 Å². The summed E-state index contributed by atoms with van der Waals surface area (Å²) in [4.78, 5) is 62.9. The molecule has 0 fully saturated rings. The molecule has 0 radical (unpaired) electrons. The lowest BCUT2D eigenvalue weighted by molar-refractivity contribution is -0.384. The number of fused-ring (bicyclic) bond motifs is 1. The quantitative estimate of drug-likeness (QED) is 0.0502. The van der Waals surface area contributed by atoms with Gasteiger partial charge in [0.1, 0.15) is 11.5 Å². The van der Waals surface area contributed by atoms with Gasteiger partial charge in [0.05, 0.1) is 27.3 Å². The molecule has 0 bridgehead atoms. The summed E-state index contributed by atoms with van der Waals surface area (Å²) in [6.45, 7) is 3.71. The molecular formula is C38H28N2O8. The molecule has 1 heterocycles. The molecule has 0 aromatic heterocycles. The maximum atomic E-state index is 13.3. The summed E-state index contributed by atoms with van der Waals surface area (Å²) >= 11 is 0. The first-order valence-corrected chi connectivity index (χ1v) is 14.9. The van der Waals surface area contributed by atoms with Crippen LogP contribution in [0.5, 0.6) is 11.5 Å². The average molecular weight is 641 g/mol. The number of benzene rings is 5. The Morgan fingerprint density at radius 2 is 1.27 bits per heavy atom. The zero-order valence-electron chi connectivity index (χ0n) is 25.9. The van der Waals surface area contributed by atoms with Crippen LogP contribution in [0.3, 0.4) is 0 Å². The first-order chi connectivity index (χ1) is 23.0. The van der Waals surface area contributed by atoms with E-state index in [9.17, 15) is 29.3 Å². The van der Waals surface area contributed by atoms with Crippen molar-refractivity contribution in [3.05, 3.63) is 165 Å². The molecule has 2 amide bonds. The van der Waals surface area contributed by atoms with Gasteiger partial charge >= 0.3 is 5.97 Å². The molecule has 1 aliphatic heterocycles. The summed E-state index contributed by atoms with van der Waals surface area (Å²) in [6, 6.07) is 33.5. The number of rotatable bonds is 10. The number of carbonyl (C=O) groups excluding carboxylic acids is 4. The molecule has 0 spiro atoms. The molecule has 0 N–H and O–H groups in total. The lowest BCUT2D eigenvalue weighted by Crippen LogP contribution is -2.29. The summed E-state index contributed by atoms with van der Waals surface area (Å²) in [6.07, 6.45) is 0. The zero-order chi connectivity index (χ0) is 34.0. The normalized spacial score (nSPS) is 12.4. The summed E-state index contributed by atoms with van der Waals surface area (Å²) < 4.78 is 11.1. The van der Waals surface area contributed by atoms with Gasteiger partial charge in [0, 0.05) is 23.1 Å². The van der Waals surface area contributed by atoms with E-state index in [1.54, 1.807) is 24.3 Å². The average Bonchev–Trinajstić information content (AvgIpc) is 3.36. The molecule has 0 saturated carbocycles. The van der Waals surface area contributed by atoms with Gasteiger partial charge in [0.15, 0.2) is 12.4 Å². The minimum absolute atomic E-state index is 0.0184. The van der Waals surface area contributed by atoms with Crippen molar-refractivity contribution in [3.63, 3.8) is 0 Å². The molecule has 0 saturated heterocycles. The minimum Gasteiger partial charge on any atom is -0.457 e. The first kappa shape index (κ1) is 31.6. The van der Waals surface area contributed by atoms with Crippen LogP contribution < -0.4 is 9.64 Å². The van der Waals surface area contributed by atoms with Crippen molar-refractivity contribution in [1.29, 1.82) is 0 Å². The van der Waals surface area contributed by atoms with Crippen molar-refractivity contribution in [2.45, 2.75) is 19.3 Å². The Balaban J connectivity index is 1.09. The number of hydrogen-bond acceptors (Lipinski definition) is 8. The molecular weight excluding hydrogens is 612 g/mol. The third-order valence-electron chi connectivity index (χ3n) is 8.26. The fourth-order valence-corrected chi connectivity index (χ4v) is 5.43. The van der Waals surface area contributed by atoms with E-state index in [-0.39, 0.29) is 33.4 Å². The van der Waals surface area contributed by atoms with Crippen LogP contribution in [0, 0.1) is 10.1 Å². The largest absolute Gasteiger partial charge is 0.457 e. The Morgan fingerprint density at radius 3 is 1.90 bits per heavy atom. The van der Waals surface area contributed by atoms with Crippen LogP contribution in [0.25, 0.3) is 0 Å². The van der Waals surface area contributed by atoms with Crippen molar-refractivity contribution < 1.29 is 33.6 Å². The van der Waals surface area contributed by atoms with E-state index in [1.165, 1.54) is 48.0 Å². The number of nitro benzene ring substituents is 1. The smallest absolute Gasteiger partial charge is 0.338 e. The fraction of sp³-hybridized carbons (Fsp3) is 0.105. The number of ketones is 1. The Kier molecular flexibility index (Phi) is 8.39. The van der Waals surface area contributed by atoms with Gasteiger partial charge < -0.3 is 9.47 Å². The van der Waals surface area contributed by atoms with Crippen molar-refractivity contribution in [2.75, 3.05) is 11.5 Å². The number of esters is 1. The van der Waals surface area contributed by atoms with E-state index in [1.807, 2.05) is 42.5 Å². The number of hydrogen-bond donors (Lipinski definition) is 0. The highest BCUT2D eigenvalue weighted by Crippen LogP contribution is 2.34. The SMILES string of the molecule is CC(C)(c1ccccc1)c1ccc(Oc2ccc(N3C(=O)c4ccc(C(=O)OCC(=O)c5ccc([N+](=O)[O-])cc5)cc4C3=O)cc2)cc1. The maximum Gasteiger partial charge on any atom is 0.338 e. The molecule has 6 rings (SSSR count). The minimum atomic E-state index is -0.870. The Bertz CT molecular complexity index is 2050. The Labute approximate surface area is 275 Å². The van der Waals surface area contributed by atoms with Crippen molar-refractivity contribution >= 4 is 34.9 Å². The van der Waals surface area contributed by atoms with Gasteiger partial charge in [-0.05, 0) is 77.9 Å². The second-order valence-corrected chi connectivity index (χ2v) is 11.6. The molecule has 48 heavy (non-hydrogen) atoms. The molecule has 0 atom stereocenters. The number of nitro groups is 1. The van der Waals surface area contributed by atoms with Gasteiger partial charge in [-0.15, -0.1) is 0 Å². The van der Waals surface area contributed by atoms with Gasteiger partial charge in [-0.1, -0.05) is 56.3 Å². The van der Waals surface area contributed by atoms with Crippen LogP contribution in [0.15, 0.2) is 121 Å². The van der Waals surface area contributed by atoms with Crippen LogP contribution in [0.2, 0.25) is 0 Å². The zero-order valence-corrected chi connectivity index (χ0v) is 25.9. The monoisotopic (exact) mass is 640 g/mol. The Hall–Kier alpha value is -6.42. The fourth-order valence-electron chi connectivity index (χ4n) is 5.43.